The Balaban J connectivity index is 1.81. The number of aromatic nitrogens is 3. The first kappa shape index (κ1) is 17.2. The van der Waals surface area contributed by atoms with Gasteiger partial charge in [-0.15, -0.1) is 0 Å². The molecule has 0 aliphatic heterocycles. The molecular formula is C16H18N4O4S. The fraction of sp³-hybridized carbons (Fsp3) is 0.250. The molecule has 0 aliphatic rings. The number of hydrogen-bond donors (Lipinski definition) is 2. The van der Waals surface area contributed by atoms with Crippen molar-refractivity contribution in [3.05, 3.63) is 63.1 Å². The maximum absolute atomic E-state index is 12.4. The van der Waals surface area contributed by atoms with E-state index in [0.29, 0.717) is 6.42 Å². The SMILES string of the molecule is Cn1cc(S(=O)(=O)NCCc2c[nH]c3ccccc23)c(=O)n(C)c1=O. The third kappa shape index (κ3) is 3.15. The smallest absolute Gasteiger partial charge is 0.330 e. The molecule has 2 heterocycles. The summed E-state index contributed by atoms with van der Waals surface area (Å²) >= 11 is 0. The van der Waals surface area contributed by atoms with Crippen LogP contribution >= 0.6 is 0 Å². The Bertz CT molecular complexity index is 1150. The van der Waals surface area contributed by atoms with Crippen LogP contribution in [0.2, 0.25) is 0 Å². The van der Waals surface area contributed by atoms with Crippen molar-refractivity contribution in [3.63, 3.8) is 0 Å². The Morgan fingerprint density at radius 3 is 2.64 bits per heavy atom. The molecule has 0 spiro atoms. The second kappa shape index (κ2) is 6.34. The van der Waals surface area contributed by atoms with Gasteiger partial charge in [-0.25, -0.2) is 17.9 Å². The lowest BCUT2D eigenvalue weighted by Gasteiger charge is -2.09. The Morgan fingerprint density at radius 2 is 1.88 bits per heavy atom. The van der Waals surface area contributed by atoms with Gasteiger partial charge in [0.15, 0.2) is 4.90 Å². The van der Waals surface area contributed by atoms with E-state index >= 15 is 0 Å². The molecule has 3 rings (SSSR count). The van der Waals surface area contributed by atoms with E-state index < -0.39 is 26.2 Å². The van der Waals surface area contributed by atoms with E-state index in [2.05, 4.69) is 9.71 Å². The van der Waals surface area contributed by atoms with Gasteiger partial charge in [-0.2, -0.15) is 0 Å². The van der Waals surface area contributed by atoms with Gasteiger partial charge in [0.1, 0.15) is 0 Å². The molecule has 0 radical (unpaired) electrons. The van der Waals surface area contributed by atoms with E-state index in [1.54, 1.807) is 0 Å². The van der Waals surface area contributed by atoms with Crippen molar-refractivity contribution < 1.29 is 8.42 Å². The van der Waals surface area contributed by atoms with Gasteiger partial charge in [0, 0.05) is 43.9 Å². The van der Waals surface area contributed by atoms with Crippen LogP contribution in [-0.4, -0.2) is 29.1 Å². The molecule has 0 saturated carbocycles. The molecule has 0 atom stereocenters. The van der Waals surface area contributed by atoms with Crippen LogP contribution in [0.25, 0.3) is 10.9 Å². The molecule has 2 aromatic heterocycles. The van der Waals surface area contributed by atoms with E-state index in [1.165, 1.54) is 14.1 Å². The summed E-state index contributed by atoms with van der Waals surface area (Å²) < 4.78 is 29.1. The third-order valence-corrected chi connectivity index (χ3v) is 5.51. The van der Waals surface area contributed by atoms with Crippen LogP contribution in [0.15, 0.2) is 51.1 Å². The van der Waals surface area contributed by atoms with Crippen molar-refractivity contribution in [1.29, 1.82) is 0 Å². The monoisotopic (exact) mass is 362 g/mol. The van der Waals surface area contributed by atoms with Gasteiger partial charge in [0.05, 0.1) is 0 Å². The number of aryl methyl sites for hydroxylation is 1. The summed E-state index contributed by atoms with van der Waals surface area (Å²) in [5.74, 6) is 0. The van der Waals surface area contributed by atoms with Crippen LogP contribution < -0.4 is 16.0 Å². The molecular weight excluding hydrogens is 344 g/mol. The lowest BCUT2D eigenvalue weighted by molar-refractivity contribution is 0.571. The zero-order chi connectivity index (χ0) is 18.2. The lowest BCUT2D eigenvalue weighted by atomic mass is 10.1. The molecule has 0 fully saturated rings. The fourth-order valence-electron chi connectivity index (χ4n) is 2.70. The minimum Gasteiger partial charge on any atom is -0.361 e. The summed E-state index contributed by atoms with van der Waals surface area (Å²) in [4.78, 5) is 26.4. The Hall–Kier alpha value is -2.65. The molecule has 0 bridgehead atoms. The molecule has 132 valence electrons. The highest BCUT2D eigenvalue weighted by Gasteiger charge is 2.21. The number of sulfonamides is 1. The van der Waals surface area contributed by atoms with Gasteiger partial charge in [0.2, 0.25) is 10.0 Å². The van der Waals surface area contributed by atoms with Gasteiger partial charge >= 0.3 is 5.69 Å². The molecule has 0 saturated heterocycles. The first-order valence-electron chi connectivity index (χ1n) is 7.62. The van der Waals surface area contributed by atoms with Crippen molar-refractivity contribution in [2.24, 2.45) is 14.1 Å². The van der Waals surface area contributed by atoms with Crippen molar-refractivity contribution in [2.75, 3.05) is 6.54 Å². The van der Waals surface area contributed by atoms with Crippen LogP contribution in [0, 0.1) is 0 Å². The maximum Gasteiger partial charge on any atom is 0.330 e. The average Bonchev–Trinajstić information content (AvgIpc) is 2.99. The maximum atomic E-state index is 12.4. The zero-order valence-corrected chi connectivity index (χ0v) is 14.6. The van der Waals surface area contributed by atoms with Gasteiger partial charge in [-0.05, 0) is 18.1 Å². The van der Waals surface area contributed by atoms with Crippen molar-refractivity contribution in [3.8, 4) is 0 Å². The largest absolute Gasteiger partial charge is 0.361 e. The summed E-state index contributed by atoms with van der Waals surface area (Å²) in [6, 6.07) is 7.73. The Morgan fingerprint density at radius 1 is 1.16 bits per heavy atom. The van der Waals surface area contributed by atoms with Crippen LogP contribution in [0.1, 0.15) is 5.56 Å². The van der Waals surface area contributed by atoms with Crippen molar-refractivity contribution >= 4 is 20.9 Å². The molecule has 8 nitrogen and oxygen atoms in total. The van der Waals surface area contributed by atoms with E-state index in [9.17, 15) is 18.0 Å². The lowest BCUT2D eigenvalue weighted by Crippen LogP contribution is -2.41. The second-order valence-corrected chi connectivity index (χ2v) is 7.49. The molecule has 3 aromatic rings. The zero-order valence-electron chi connectivity index (χ0n) is 13.8. The van der Waals surface area contributed by atoms with E-state index in [0.717, 1.165) is 31.8 Å². The number of H-pyrrole nitrogens is 1. The van der Waals surface area contributed by atoms with Gasteiger partial charge in [-0.1, -0.05) is 18.2 Å². The molecule has 0 aliphatic carbocycles. The summed E-state index contributed by atoms with van der Waals surface area (Å²) in [6.07, 6.45) is 3.35. The number of rotatable bonds is 5. The van der Waals surface area contributed by atoms with Crippen molar-refractivity contribution in [1.82, 2.24) is 18.8 Å². The number of nitrogens with one attached hydrogen (secondary N) is 2. The first-order valence-corrected chi connectivity index (χ1v) is 9.11. The number of hydrogen-bond acceptors (Lipinski definition) is 4. The highest BCUT2D eigenvalue weighted by atomic mass is 32.2. The molecule has 9 heteroatoms. The van der Waals surface area contributed by atoms with Crippen molar-refractivity contribution in [2.45, 2.75) is 11.3 Å². The van der Waals surface area contributed by atoms with Crippen LogP contribution in [0.3, 0.4) is 0 Å². The minimum atomic E-state index is -4.01. The number of benzene rings is 1. The van der Waals surface area contributed by atoms with E-state index in [-0.39, 0.29) is 6.54 Å². The highest BCUT2D eigenvalue weighted by Crippen LogP contribution is 2.17. The number of fused-ring (bicyclic) bond motifs is 1. The predicted molar refractivity (Wildman–Crippen MR) is 94.1 cm³/mol. The Kier molecular flexibility index (Phi) is 4.36. The van der Waals surface area contributed by atoms with E-state index in [4.69, 9.17) is 0 Å². The summed E-state index contributed by atoms with van der Waals surface area (Å²) in [5.41, 5.74) is 0.532. The second-order valence-electron chi connectivity index (χ2n) is 5.76. The molecule has 0 unspecified atom stereocenters. The summed E-state index contributed by atoms with van der Waals surface area (Å²) in [7, 11) is -1.37. The predicted octanol–water partition coefficient (Wildman–Crippen LogP) is 0.0863. The quantitative estimate of drug-likeness (QED) is 0.671. The van der Waals surface area contributed by atoms with Gasteiger partial charge in [0.25, 0.3) is 5.56 Å². The van der Waals surface area contributed by atoms with Gasteiger partial charge < -0.3 is 9.55 Å². The summed E-state index contributed by atoms with van der Waals surface area (Å²) in [5, 5.41) is 1.03. The molecule has 2 N–H and O–H groups in total. The normalized spacial score (nSPS) is 11.9. The minimum absolute atomic E-state index is 0.135. The number of para-hydroxylation sites is 1. The number of aromatic amines is 1. The molecule has 0 amide bonds. The fourth-order valence-corrected chi connectivity index (χ4v) is 3.89. The van der Waals surface area contributed by atoms with Crippen LogP contribution in [-0.2, 0) is 30.5 Å². The standard InChI is InChI=1S/C16H18N4O4S/c1-19-10-14(15(21)20(2)16(19)22)25(23,24)18-8-7-11-9-17-13-6-4-3-5-12(11)13/h3-6,9-10,17-18H,7-8H2,1-2H3. The Labute approximate surface area is 143 Å². The first-order chi connectivity index (χ1) is 11.8. The van der Waals surface area contributed by atoms with Crippen LogP contribution in [0.4, 0.5) is 0 Å². The topological polar surface area (TPSA) is 106 Å². The average molecular weight is 362 g/mol. The number of nitrogens with zero attached hydrogens (tertiary/aromatic N) is 2. The summed E-state index contributed by atoms with van der Waals surface area (Å²) in [6.45, 7) is 0.135. The highest BCUT2D eigenvalue weighted by molar-refractivity contribution is 7.89. The molecule has 1 aromatic carbocycles. The van der Waals surface area contributed by atoms with Gasteiger partial charge in [-0.3, -0.25) is 9.36 Å². The molecule has 25 heavy (non-hydrogen) atoms. The van der Waals surface area contributed by atoms with E-state index in [1.807, 2.05) is 30.5 Å². The van der Waals surface area contributed by atoms with Crippen LogP contribution in [0.5, 0.6) is 0 Å². The third-order valence-electron chi connectivity index (χ3n) is 4.07.